The van der Waals surface area contributed by atoms with Crippen LogP contribution in [-0.2, 0) is 11.2 Å². The Hall–Kier alpha value is -4.48. The van der Waals surface area contributed by atoms with Crippen LogP contribution in [0.3, 0.4) is 0 Å². The number of halogens is 1. The average Bonchev–Trinajstić information content (AvgIpc) is 3.26. The summed E-state index contributed by atoms with van der Waals surface area (Å²) in [7, 11) is 1.36. The van der Waals surface area contributed by atoms with Gasteiger partial charge in [-0.2, -0.15) is 0 Å². The van der Waals surface area contributed by atoms with E-state index in [9.17, 15) is 4.79 Å². The predicted molar refractivity (Wildman–Crippen MR) is 157 cm³/mol. The molecular formula is C33H29ClN2O3. The van der Waals surface area contributed by atoms with E-state index in [1.165, 1.54) is 7.11 Å². The molecule has 6 heteroatoms. The van der Waals surface area contributed by atoms with Gasteiger partial charge in [0.05, 0.1) is 25.3 Å². The van der Waals surface area contributed by atoms with Gasteiger partial charge in [-0.25, -0.2) is 4.79 Å². The van der Waals surface area contributed by atoms with Crippen molar-refractivity contribution in [2.45, 2.75) is 12.5 Å². The molecule has 0 saturated heterocycles. The molecular weight excluding hydrogens is 508 g/mol. The van der Waals surface area contributed by atoms with Crippen molar-refractivity contribution in [2.24, 2.45) is 5.73 Å². The predicted octanol–water partition coefficient (Wildman–Crippen LogP) is 7.27. The molecule has 0 spiro atoms. The largest absolute Gasteiger partial charge is 0.493 e. The van der Waals surface area contributed by atoms with Crippen LogP contribution in [0.4, 0.5) is 0 Å². The van der Waals surface area contributed by atoms with E-state index in [0.29, 0.717) is 29.4 Å². The number of ether oxygens (including phenoxy) is 2. The average molecular weight is 537 g/mol. The van der Waals surface area contributed by atoms with Gasteiger partial charge in [-0.3, -0.25) is 0 Å². The number of hydrogen-bond acceptors (Lipinski definition) is 4. The molecule has 0 saturated carbocycles. The highest BCUT2D eigenvalue weighted by molar-refractivity contribution is 6.31. The van der Waals surface area contributed by atoms with Crippen LogP contribution in [0.25, 0.3) is 17.0 Å². The molecule has 5 nitrogen and oxygen atoms in total. The van der Waals surface area contributed by atoms with Gasteiger partial charge in [0, 0.05) is 28.0 Å². The fourth-order valence-electron chi connectivity index (χ4n) is 5.02. The number of rotatable bonds is 9. The third kappa shape index (κ3) is 5.54. The number of methoxy groups -OCH3 is 1. The Morgan fingerprint density at radius 2 is 1.56 bits per heavy atom. The number of esters is 1. The third-order valence-corrected chi connectivity index (χ3v) is 6.99. The van der Waals surface area contributed by atoms with E-state index in [1.807, 2.05) is 30.3 Å². The number of carbonyl (C=O) groups is 1. The van der Waals surface area contributed by atoms with Gasteiger partial charge in [0.15, 0.2) is 0 Å². The zero-order valence-corrected chi connectivity index (χ0v) is 22.3. The van der Waals surface area contributed by atoms with E-state index >= 15 is 0 Å². The molecule has 0 bridgehead atoms. The Labute approximate surface area is 233 Å². The number of fused-ring (bicyclic) bond motifs is 1. The lowest BCUT2D eigenvalue weighted by molar-refractivity contribution is 0.0600. The van der Waals surface area contributed by atoms with Crippen LogP contribution in [-0.4, -0.2) is 24.3 Å². The topological polar surface area (TPSA) is 66.5 Å². The number of nitrogens with zero attached hydrogens (tertiary/aromatic N) is 1. The minimum Gasteiger partial charge on any atom is -0.493 e. The number of carbonyl (C=O) groups excluding carboxylic acids is 1. The van der Waals surface area contributed by atoms with E-state index in [-0.39, 0.29) is 12.0 Å². The second kappa shape index (κ2) is 11.9. The maximum Gasteiger partial charge on any atom is 0.337 e. The van der Waals surface area contributed by atoms with Gasteiger partial charge in [0.2, 0.25) is 0 Å². The minimum atomic E-state index is -0.379. The Kier molecular flexibility index (Phi) is 7.99. The lowest BCUT2D eigenvalue weighted by Crippen LogP contribution is -2.14. The van der Waals surface area contributed by atoms with Gasteiger partial charge in [-0.1, -0.05) is 72.3 Å². The third-order valence-electron chi connectivity index (χ3n) is 6.75. The molecule has 0 aliphatic carbocycles. The highest BCUT2D eigenvalue weighted by Crippen LogP contribution is 2.38. The van der Waals surface area contributed by atoms with Gasteiger partial charge in [-0.15, -0.1) is 0 Å². The first-order chi connectivity index (χ1) is 19.1. The molecule has 0 amide bonds. The van der Waals surface area contributed by atoms with Gasteiger partial charge in [0.1, 0.15) is 5.75 Å². The molecule has 5 rings (SSSR count). The normalized spacial score (nSPS) is 11.4. The summed E-state index contributed by atoms with van der Waals surface area (Å²) < 4.78 is 13.2. The molecule has 196 valence electrons. The van der Waals surface area contributed by atoms with Gasteiger partial charge < -0.3 is 19.8 Å². The highest BCUT2D eigenvalue weighted by atomic mass is 35.5. The second-order valence-corrected chi connectivity index (χ2v) is 9.53. The van der Waals surface area contributed by atoms with Crippen molar-refractivity contribution in [1.29, 1.82) is 0 Å². The van der Waals surface area contributed by atoms with E-state index in [0.717, 1.165) is 33.3 Å². The Bertz CT molecular complexity index is 1550. The van der Waals surface area contributed by atoms with E-state index in [2.05, 4.69) is 59.2 Å². The van der Waals surface area contributed by atoms with Gasteiger partial charge in [0.25, 0.3) is 0 Å². The summed E-state index contributed by atoms with van der Waals surface area (Å²) in [5.41, 5.74) is 12.0. The summed E-state index contributed by atoms with van der Waals surface area (Å²) in [5.74, 6) is 0.294. The molecule has 0 unspecified atom stereocenters. The zero-order valence-electron chi connectivity index (χ0n) is 21.6. The molecule has 5 aromatic rings. The second-order valence-electron chi connectivity index (χ2n) is 9.09. The van der Waals surface area contributed by atoms with Crippen molar-refractivity contribution in [3.63, 3.8) is 0 Å². The van der Waals surface area contributed by atoms with Crippen molar-refractivity contribution in [3.05, 3.63) is 142 Å². The number of hydrogen-bond donors (Lipinski definition) is 1. The number of benzene rings is 4. The fraction of sp³-hybridized carbons (Fsp3) is 0.121. The van der Waals surface area contributed by atoms with Crippen molar-refractivity contribution in [3.8, 4) is 5.75 Å². The van der Waals surface area contributed by atoms with Crippen molar-refractivity contribution in [1.82, 2.24) is 4.57 Å². The quantitative estimate of drug-likeness (QED) is 0.201. The molecule has 4 aromatic carbocycles. The van der Waals surface area contributed by atoms with Crippen LogP contribution in [0.2, 0.25) is 5.02 Å². The summed E-state index contributed by atoms with van der Waals surface area (Å²) in [6.07, 6.45) is 4.15. The zero-order chi connectivity index (χ0) is 27.2. The monoisotopic (exact) mass is 536 g/mol. The molecule has 0 aliphatic heterocycles. The summed E-state index contributed by atoms with van der Waals surface area (Å²) >= 11 is 6.50. The van der Waals surface area contributed by atoms with Gasteiger partial charge >= 0.3 is 5.97 Å². The lowest BCUT2D eigenvalue weighted by atomic mass is 9.98. The first kappa shape index (κ1) is 26.1. The number of aromatic nitrogens is 1. The summed E-state index contributed by atoms with van der Waals surface area (Å²) in [6, 6.07) is 33.8. The van der Waals surface area contributed by atoms with E-state index < -0.39 is 0 Å². The highest BCUT2D eigenvalue weighted by Gasteiger charge is 2.24. The summed E-state index contributed by atoms with van der Waals surface area (Å²) in [5, 5.41) is 1.72. The fourth-order valence-corrected chi connectivity index (χ4v) is 5.20. The van der Waals surface area contributed by atoms with Crippen LogP contribution in [0.5, 0.6) is 5.75 Å². The first-order valence-electron chi connectivity index (χ1n) is 12.7. The Morgan fingerprint density at radius 1 is 0.923 bits per heavy atom. The van der Waals surface area contributed by atoms with E-state index in [1.54, 1.807) is 30.5 Å². The molecule has 0 fully saturated rings. The summed E-state index contributed by atoms with van der Waals surface area (Å²) in [6.45, 7) is 0.427. The van der Waals surface area contributed by atoms with Crippen molar-refractivity contribution < 1.29 is 14.3 Å². The molecule has 2 N–H and O–H groups in total. The van der Waals surface area contributed by atoms with Crippen molar-refractivity contribution >= 4 is 34.5 Å². The molecule has 0 aliphatic rings. The van der Waals surface area contributed by atoms with Crippen LogP contribution >= 0.6 is 11.6 Å². The van der Waals surface area contributed by atoms with Gasteiger partial charge in [-0.05, 0) is 71.4 Å². The molecule has 0 atom stereocenters. The smallest absolute Gasteiger partial charge is 0.337 e. The molecule has 1 aromatic heterocycles. The standard InChI is InChI=1S/C33H29ClN2O3/c1-38-33(37)25-12-15-27(16-13-25)39-21-19-28-29-22-26(34)14-17-30(29)36(31(28)18-20-35)32(23-8-4-2-5-9-23)24-10-6-3-7-11-24/h2-18,20,22,32H,19,21,35H2,1H3/b20-18+. The Balaban J connectivity index is 1.58. The van der Waals surface area contributed by atoms with Crippen LogP contribution < -0.4 is 10.5 Å². The maximum atomic E-state index is 11.7. The number of nitrogens with two attached hydrogens (primary N) is 1. The van der Waals surface area contributed by atoms with Crippen LogP contribution in [0.1, 0.15) is 38.8 Å². The Morgan fingerprint density at radius 3 is 2.15 bits per heavy atom. The first-order valence-corrected chi connectivity index (χ1v) is 13.1. The molecule has 1 heterocycles. The van der Waals surface area contributed by atoms with Crippen molar-refractivity contribution in [2.75, 3.05) is 13.7 Å². The molecule has 39 heavy (non-hydrogen) atoms. The summed E-state index contributed by atoms with van der Waals surface area (Å²) in [4.78, 5) is 11.7. The SMILES string of the molecule is COC(=O)c1ccc(OCCc2c(/C=C/N)n(C(c3ccccc3)c3ccccc3)c3ccc(Cl)cc23)cc1. The van der Waals surface area contributed by atoms with E-state index in [4.69, 9.17) is 26.8 Å². The van der Waals surface area contributed by atoms with Crippen LogP contribution in [0.15, 0.2) is 109 Å². The molecule has 0 radical (unpaired) electrons. The lowest BCUT2D eigenvalue weighted by Gasteiger charge is -2.24. The minimum absolute atomic E-state index is 0.0807. The maximum absolute atomic E-state index is 11.7. The van der Waals surface area contributed by atoms with Crippen LogP contribution in [0, 0.1) is 0 Å².